The summed E-state index contributed by atoms with van der Waals surface area (Å²) in [7, 11) is 0. The van der Waals surface area contributed by atoms with Crippen LogP contribution in [0.25, 0.3) is 38.5 Å². The summed E-state index contributed by atoms with van der Waals surface area (Å²) in [4.78, 5) is 19.1. The number of nitrogens with zero attached hydrogens (tertiary/aromatic N) is 3. The zero-order valence-electron chi connectivity index (χ0n) is 18.4. The van der Waals surface area contributed by atoms with Crippen molar-refractivity contribution in [2.45, 2.75) is 19.3 Å². The van der Waals surface area contributed by atoms with Crippen LogP contribution in [-0.2, 0) is 5.41 Å². The molecule has 0 unspecified atom stereocenters. The molecule has 4 nitrogen and oxygen atoms in total. The average Bonchev–Trinajstić information content (AvgIpc) is 3.40. The molecule has 1 aliphatic rings. The van der Waals surface area contributed by atoms with Gasteiger partial charge < -0.3 is 4.57 Å². The first-order valence-corrected chi connectivity index (χ1v) is 11.2. The zero-order chi connectivity index (χ0) is 22.3. The lowest BCUT2D eigenvalue weighted by Gasteiger charge is -2.32. The van der Waals surface area contributed by atoms with E-state index in [1.54, 1.807) is 0 Å². The van der Waals surface area contributed by atoms with Crippen molar-refractivity contribution in [3.05, 3.63) is 108 Å². The number of hydrogen-bond acceptors (Lipinski definition) is 2. The topological polar surface area (TPSA) is 39.8 Å². The van der Waals surface area contributed by atoms with E-state index in [9.17, 15) is 4.79 Å². The van der Waals surface area contributed by atoms with E-state index in [-0.39, 0.29) is 5.91 Å². The highest BCUT2D eigenvalue weighted by Gasteiger charge is 2.41. The summed E-state index contributed by atoms with van der Waals surface area (Å²) in [6.45, 7) is 4.33. The number of carbonyl (C=O) groups excluding carboxylic acids is 1. The molecular weight excluding hydrogens is 406 g/mol. The molecule has 0 bridgehead atoms. The fraction of sp³-hybridized carbons (Fsp3) is 0.103. The monoisotopic (exact) mass is 427 g/mol. The summed E-state index contributed by atoms with van der Waals surface area (Å²) < 4.78 is 4.06. The van der Waals surface area contributed by atoms with Crippen LogP contribution < -0.4 is 0 Å². The average molecular weight is 428 g/mol. The molecule has 0 N–H and O–H groups in total. The van der Waals surface area contributed by atoms with E-state index in [1.165, 1.54) is 0 Å². The maximum Gasteiger partial charge on any atom is 0.266 e. The third-order valence-corrected chi connectivity index (χ3v) is 7.06. The van der Waals surface area contributed by atoms with Gasteiger partial charge in [-0.15, -0.1) is 0 Å². The number of hydrogen-bond donors (Lipinski definition) is 0. The Morgan fingerprint density at radius 2 is 1.39 bits per heavy atom. The second-order valence-corrected chi connectivity index (χ2v) is 9.26. The lowest BCUT2D eigenvalue weighted by atomic mass is 9.77. The van der Waals surface area contributed by atoms with Crippen molar-refractivity contribution < 1.29 is 4.79 Å². The van der Waals surface area contributed by atoms with Gasteiger partial charge in [-0.1, -0.05) is 60.7 Å². The van der Waals surface area contributed by atoms with E-state index in [2.05, 4.69) is 66.9 Å². The quantitative estimate of drug-likeness (QED) is 0.302. The van der Waals surface area contributed by atoms with Gasteiger partial charge in [0.2, 0.25) is 0 Å². The van der Waals surface area contributed by atoms with Crippen LogP contribution in [0.5, 0.6) is 0 Å². The Hall–Kier alpha value is -4.18. The van der Waals surface area contributed by atoms with Crippen LogP contribution in [0.4, 0.5) is 0 Å². The van der Waals surface area contributed by atoms with E-state index in [1.807, 2.05) is 47.0 Å². The predicted octanol–water partition coefficient (Wildman–Crippen LogP) is 6.46. The largest absolute Gasteiger partial charge is 0.308 e. The maximum atomic E-state index is 14.3. The Balaban J connectivity index is 1.69. The fourth-order valence-electron chi connectivity index (χ4n) is 5.52. The van der Waals surface area contributed by atoms with Crippen LogP contribution in [0.2, 0.25) is 0 Å². The molecule has 0 radical (unpaired) electrons. The molecule has 1 aliphatic heterocycles. The van der Waals surface area contributed by atoms with Gasteiger partial charge in [-0.25, -0.2) is 4.98 Å². The molecule has 2 aromatic heterocycles. The molecule has 3 heterocycles. The van der Waals surface area contributed by atoms with E-state index >= 15 is 0 Å². The minimum Gasteiger partial charge on any atom is -0.308 e. The molecule has 0 saturated carbocycles. The normalized spacial score (nSPS) is 14.7. The first kappa shape index (κ1) is 18.4. The van der Waals surface area contributed by atoms with Gasteiger partial charge in [0.05, 0.1) is 27.6 Å². The summed E-state index contributed by atoms with van der Waals surface area (Å²) >= 11 is 0. The second kappa shape index (κ2) is 6.20. The highest BCUT2D eigenvalue weighted by Crippen LogP contribution is 2.44. The molecule has 4 heteroatoms. The lowest BCUT2D eigenvalue weighted by Crippen LogP contribution is -2.35. The molecule has 0 saturated heterocycles. The highest BCUT2D eigenvalue weighted by atomic mass is 16.2. The van der Waals surface area contributed by atoms with Gasteiger partial charge in [0.1, 0.15) is 5.82 Å². The maximum absolute atomic E-state index is 14.3. The van der Waals surface area contributed by atoms with Crippen molar-refractivity contribution in [2.75, 3.05) is 0 Å². The van der Waals surface area contributed by atoms with Crippen LogP contribution in [0.1, 0.15) is 35.6 Å². The number of benzene rings is 4. The first-order chi connectivity index (χ1) is 16.1. The number of carbonyl (C=O) groups is 1. The minimum absolute atomic E-state index is 0.0152. The smallest absolute Gasteiger partial charge is 0.266 e. The van der Waals surface area contributed by atoms with Crippen LogP contribution >= 0.6 is 0 Å². The summed E-state index contributed by atoms with van der Waals surface area (Å²) in [5, 5.41) is 2.23. The molecule has 4 aromatic carbocycles. The van der Waals surface area contributed by atoms with Crippen molar-refractivity contribution in [2.24, 2.45) is 0 Å². The van der Waals surface area contributed by atoms with Crippen molar-refractivity contribution in [1.29, 1.82) is 0 Å². The molecule has 6 aromatic rings. The SMILES string of the molecule is CC1(C)c2ccc3c4ccccc4n(-c4ccccc4)c3c2C(=O)n2c1nc1ccccc12. The Morgan fingerprint density at radius 1 is 0.697 bits per heavy atom. The van der Waals surface area contributed by atoms with E-state index < -0.39 is 5.41 Å². The van der Waals surface area contributed by atoms with E-state index in [0.717, 1.165) is 55.5 Å². The number of fused-ring (bicyclic) bond motifs is 8. The van der Waals surface area contributed by atoms with Gasteiger partial charge in [0.25, 0.3) is 5.91 Å². The molecule has 0 aliphatic carbocycles. The number of aromatic nitrogens is 3. The van der Waals surface area contributed by atoms with Gasteiger partial charge >= 0.3 is 0 Å². The molecule has 7 rings (SSSR count). The predicted molar refractivity (Wildman–Crippen MR) is 132 cm³/mol. The number of rotatable bonds is 1. The van der Waals surface area contributed by atoms with Gasteiger partial charge in [-0.3, -0.25) is 9.36 Å². The summed E-state index contributed by atoms with van der Waals surface area (Å²) in [6.07, 6.45) is 0. The van der Waals surface area contributed by atoms with Gasteiger partial charge in [0.15, 0.2) is 0 Å². The van der Waals surface area contributed by atoms with Crippen molar-refractivity contribution in [3.63, 3.8) is 0 Å². The Bertz CT molecular complexity index is 1750. The molecule has 158 valence electrons. The first-order valence-electron chi connectivity index (χ1n) is 11.2. The number of para-hydroxylation sites is 4. The molecular formula is C29H21N3O. The standard InChI is InChI=1S/C29H21N3O/c1-29(2)21-17-16-20-19-12-6-8-14-23(19)31(18-10-4-3-5-11-18)26(20)25(21)27(33)32-24-15-9-7-13-22(24)30-28(29)32/h3-17H,1-2H3. The Labute approximate surface area is 190 Å². The molecule has 0 spiro atoms. The van der Waals surface area contributed by atoms with E-state index in [0.29, 0.717) is 0 Å². The van der Waals surface area contributed by atoms with Gasteiger partial charge in [-0.05, 0) is 49.7 Å². The lowest BCUT2D eigenvalue weighted by molar-refractivity contribution is 0.0949. The highest BCUT2D eigenvalue weighted by molar-refractivity contribution is 6.19. The summed E-state index contributed by atoms with van der Waals surface area (Å²) in [5.41, 5.74) is 6.16. The van der Waals surface area contributed by atoms with Gasteiger partial charge in [-0.2, -0.15) is 0 Å². The summed E-state index contributed by atoms with van der Waals surface area (Å²) in [6, 6.07) is 30.9. The third-order valence-electron chi connectivity index (χ3n) is 7.06. The Morgan fingerprint density at radius 3 is 2.21 bits per heavy atom. The third kappa shape index (κ3) is 2.25. The van der Waals surface area contributed by atoms with Crippen molar-refractivity contribution in [1.82, 2.24) is 14.1 Å². The summed E-state index contributed by atoms with van der Waals surface area (Å²) in [5.74, 6) is 0.779. The molecule has 0 atom stereocenters. The van der Waals surface area contributed by atoms with Crippen LogP contribution in [-0.4, -0.2) is 20.0 Å². The molecule has 0 amide bonds. The fourth-order valence-corrected chi connectivity index (χ4v) is 5.52. The molecule has 33 heavy (non-hydrogen) atoms. The Kier molecular flexibility index (Phi) is 3.46. The van der Waals surface area contributed by atoms with E-state index in [4.69, 9.17) is 4.98 Å². The zero-order valence-corrected chi connectivity index (χ0v) is 18.4. The van der Waals surface area contributed by atoms with Crippen LogP contribution in [0.15, 0.2) is 91.0 Å². The van der Waals surface area contributed by atoms with Gasteiger partial charge in [0, 0.05) is 21.9 Å². The van der Waals surface area contributed by atoms with Crippen LogP contribution in [0, 0.1) is 0 Å². The number of imidazole rings is 1. The van der Waals surface area contributed by atoms with Crippen LogP contribution in [0.3, 0.4) is 0 Å². The van der Waals surface area contributed by atoms with Crippen molar-refractivity contribution in [3.8, 4) is 5.69 Å². The van der Waals surface area contributed by atoms with Crippen molar-refractivity contribution >= 4 is 38.7 Å². The second-order valence-electron chi connectivity index (χ2n) is 9.26. The minimum atomic E-state index is -0.422. The molecule has 0 fully saturated rings.